The monoisotopic (exact) mass is 308 g/mol. The van der Waals surface area contributed by atoms with Crippen LogP contribution < -0.4 is 5.73 Å². The second-order valence-electron chi connectivity index (χ2n) is 3.86. The Kier molecular flexibility index (Phi) is 7.62. The van der Waals surface area contributed by atoms with Gasteiger partial charge in [-0.15, -0.1) is 12.4 Å². The minimum atomic E-state index is 0. The summed E-state index contributed by atoms with van der Waals surface area (Å²) in [5.74, 6) is 1.63. The Hall–Kier alpha value is -1.65. The van der Waals surface area contributed by atoms with Gasteiger partial charge in [0.1, 0.15) is 5.76 Å². The molecule has 3 nitrogen and oxygen atoms in total. The van der Waals surface area contributed by atoms with Crippen LogP contribution in [-0.2, 0) is 6.54 Å². The Morgan fingerprint density at radius 2 is 2.00 bits per heavy atom. The van der Waals surface area contributed by atoms with Crippen molar-refractivity contribution >= 4 is 35.4 Å². The summed E-state index contributed by atoms with van der Waals surface area (Å²) in [6.45, 7) is 0.494. The van der Waals surface area contributed by atoms with E-state index in [-0.39, 0.29) is 12.4 Å². The fourth-order valence-electron chi connectivity index (χ4n) is 1.49. The number of hydrogen-bond acceptors (Lipinski definition) is 3. The number of nitrogens with zero attached hydrogens (tertiary/aromatic N) is 1. The van der Waals surface area contributed by atoms with Gasteiger partial charge in [-0.3, -0.25) is 4.99 Å². The largest absolute Gasteiger partial charge is 0.467 e. The molecule has 2 rings (SSSR count). The maximum atomic E-state index is 5.81. The van der Waals surface area contributed by atoms with E-state index in [0.717, 1.165) is 11.5 Å². The van der Waals surface area contributed by atoms with Gasteiger partial charge in [-0.1, -0.05) is 54.2 Å². The summed E-state index contributed by atoms with van der Waals surface area (Å²) >= 11 is 1.52. The summed E-state index contributed by atoms with van der Waals surface area (Å²) in [5, 5.41) is 0.578. The molecule has 106 valence electrons. The molecule has 0 saturated heterocycles. The molecule has 0 aliphatic rings. The highest BCUT2D eigenvalue weighted by Crippen LogP contribution is 2.07. The van der Waals surface area contributed by atoms with Crippen molar-refractivity contribution < 1.29 is 4.42 Å². The number of furan rings is 1. The van der Waals surface area contributed by atoms with Crippen LogP contribution in [-0.4, -0.2) is 10.9 Å². The molecule has 2 aromatic rings. The quantitative estimate of drug-likeness (QED) is 0.672. The molecule has 0 bridgehead atoms. The Bertz CT molecular complexity index is 538. The lowest BCUT2D eigenvalue weighted by molar-refractivity contribution is 0.513. The van der Waals surface area contributed by atoms with Gasteiger partial charge >= 0.3 is 0 Å². The van der Waals surface area contributed by atoms with Crippen LogP contribution >= 0.6 is 24.2 Å². The predicted octanol–water partition coefficient (Wildman–Crippen LogP) is 3.96. The van der Waals surface area contributed by atoms with Gasteiger partial charge in [-0.2, -0.15) is 0 Å². The van der Waals surface area contributed by atoms with E-state index in [1.54, 1.807) is 6.26 Å². The number of halogens is 1. The zero-order chi connectivity index (χ0) is 13.3. The molecule has 0 atom stereocenters. The molecule has 1 aromatic carbocycles. The fourth-order valence-corrected chi connectivity index (χ4v) is 2.00. The minimum Gasteiger partial charge on any atom is -0.467 e. The van der Waals surface area contributed by atoms with Gasteiger partial charge in [0, 0.05) is 5.75 Å². The Morgan fingerprint density at radius 3 is 2.70 bits per heavy atom. The lowest BCUT2D eigenvalue weighted by Gasteiger charge is -1.97. The van der Waals surface area contributed by atoms with Crippen LogP contribution in [0.15, 0.2) is 64.2 Å². The van der Waals surface area contributed by atoms with Crippen molar-refractivity contribution in [2.24, 2.45) is 10.7 Å². The topological polar surface area (TPSA) is 51.5 Å². The van der Waals surface area contributed by atoms with E-state index in [9.17, 15) is 0 Å². The fraction of sp³-hybridized carbons (Fsp3) is 0.133. The first-order chi connectivity index (χ1) is 9.34. The van der Waals surface area contributed by atoms with Crippen molar-refractivity contribution in [3.63, 3.8) is 0 Å². The Labute approximate surface area is 129 Å². The zero-order valence-corrected chi connectivity index (χ0v) is 12.6. The number of hydrogen-bond donors (Lipinski definition) is 1. The summed E-state index contributed by atoms with van der Waals surface area (Å²) in [5.41, 5.74) is 7.00. The molecule has 0 unspecified atom stereocenters. The van der Waals surface area contributed by atoms with Crippen LogP contribution in [0, 0.1) is 0 Å². The van der Waals surface area contributed by atoms with Crippen LogP contribution in [0.2, 0.25) is 0 Å². The average Bonchev–Trinajstić information content (AvgIpc) is 2.96. The molecular weight excluding hydrogens is 292 g/mol. The summed E-state index contributed by atoms with van der Waals surface area (Å²) in [6, 6.07) is 13.9. The Morgan fingerprint density at radius 1 is 1.20 bits per heavy atom. The van der Waals surface area contributed by atoms with Crippen molar-refractivity contribution in [1.29, 1.82) is 0 Å². The van der Waals surface area contributed by atoms with Crippen LogP contribution in [0.1, 0.15) is 11.3 Å². The van der Waals surface area contributed by atoms with Gasteiger partial charge in [0.2, 0.25) is 0 Å². The smallest absolute Gasteiger partial charge is 0.154 e. The maximum absolute atomic E-state index is 5.81. The molecule has 0 radical (unpaired) electrons. The first kappa shape index (κ1) is 16.4. The molecular formula is C15H17ClN2OS. The van der Waals surface area contributed by atoms with E-state index in [1.807, 2.05) is 30.3 Å². The van der Waals surface area contributed by atoms with Crippen molar-refractivity contribution in [3.8, 4) is 0 Å². The van der Waals surface area contributed by atoms with Crippen LogP contribution in [0.25, 0.3) is 6.08 Å². The molecule has 5 heteroatoms. The highest BCUT2D eigenvalue weighted by Gasteiger charge is 1.95. The minimum absolute atomic E-state index is 0. The SMILES string of the molecule is Cl.NC(=NCc1ccco1)SC/C=C/c1ccccc1. The standard InChI is InChI=1S/C15H16N2OS.ClH/c16-15(17-12-14-9-4-10-18-14)19-11-5-8-13-6-2-1-3-7-13;/h1-10H,11-12H2,(H2,16,17);1H/b8-5+;. The van der Waals surface area contributed by atoms with Crippen LogP contribution in [0.4, 0.5) is 0 Å². The molecule has 0 aliphatic carbocycles. The van der Waals surface area contributed by atoms with E-state index in [4.69, 9.17) is 10.2 Å². The molecule has 20 heavy (non-hydrogen) atoms. The maximum Gasteiger partial charge on any atom is 0.154 e. The third kappa shape index (κ3) is 5.99. The van der Waals surface area contributed by atoms with Gasteiger partial charge in [0.15, 0.2) is 5.17 Å². The second kappa shape index (κ2) is 9.28. The lowest BCUT2D eigenvalue weighted by atomic mass is 10.2. The summed E-state index contributed by atoms with van der Waals surface area (Å²) in [6.07, 6.45) is 5.79. The first-order valence-electron chi connectivity index (χ1n) is 6.01. The molecule has 0 saturated carbocycles. The highest BCUT2D eigenvalue weighted by molar-refractivity contribution is 8.13. The summed E-state index contributed by atoms with van der Waals surface area (Å²) < 4.78 is 5.18. The van der Waals surface area contributed by atoms with Gasteiger partial charge in [-0.25, -0.2) is 0 Å². The van der Waals surface area contributed by atoms with Crippen molar-refractivity contribution in [1.82, 2.24) is 0 Å². The van der Waals surface area contributed by atoms with E-state index in [1.165, 1.54) is 17.3 Å². The third-order valence-electron chi connectivity index (χ3n) is 2.41. The molecule has 0 fully saturated rings. The van der Waals surface area contributed by atoms with Gasteiger partial charge in [-0.05, 0) is 17.7 Å². The number of nitrogens with two attached hydrogens (primary N) is 1. The molecule has 0 amide bonds. The molecule has 0 spiro atoms. The number of aliphatic imine (C=N–C) groups is 1. The van der Waals surface area contributed by atoms with Crippen molar-refractivity contribution in [2.45, 2.75) is 6.54 Å². The second-order valence-corrected chi connectivity index (χ2v) is 4.90. The molecule has 2 N–H and O–H groups in total. The van der Waals surface area contributed by atoms with Crippen LogP contribution in [0.3, 0.4) is 0 Å². The van der Waals surface area contributed by atoms with Crippen molar-refractivity contribution in [3.05, 3.63) is 66.1 Å². The van der Waals surface area contributed by atoms with Crippen molar-refractivity contribution in [2.75, 3.05) is 5.75 Å². The third-order valence-corrected chi connectivity index (χ3v) is 3.19. The number of thioether (sulfide) groups is 1. The predicted molar refractivity (Wildman–Crippen MR) is 89.2 cm³/mol. The van der Waals surface area contributed by atoms with Gasteiger partial charge in [0.25, 0.3) is 0 Å². The highest BCUT2D eigenvalue weighted by atomic mass is 35.5. The first-order valence-corrected chi connectivity index (χ1v) is 7.00. The normalized spacial score (nSPS) is 11.5. The van der Waals surface area contributed by atoms with E-state index in [2.05, 4.69) is 29.3 Å². The van der Waals surface area contributed by atoms with E-state index >= 15 is 0 Å². The molecule has 0 aliphatic heterocycles. The molecule has 1 aromatic heterocycles. The lowest BCUT2D eigenvalue weighted by Crippen LogP contribution is -2.07. The number of amidine groups is 1. The van der Waals surface area contributed by atoms with E-state index in [0.29, 0.717) is 11.7 Å². The number of benzene rings is 1. The van der Waals surface area contributed by atoms with Crippen LogP contribution in [0.5, 0.6) is 0 Å². The zero-order valence-electron chi connectivity index (χ0n) is 10.9. The van der Waals surface area contributed by atoms with Gasteiger partial charge < -0.3 is 10.2 Å². The summed E-state index contributed by atoms with van der Waals surface area (Å²) in [7, 11) is 0. The summed E-state index contributed by atoms with van der Waals surface area (Å²) in [4.78, 5) is 4.24. The average molecular weight is 309 g/mol. The van der Waals surface area contributed by atoms with E-state index < -0.39 is 0 Å². The Balaban J connectivity index is 0.00000200. The number of rotatable bonds is 5. The molecule has 1 heterocycles. The van der Waals surface area contributed by atoms with Gasteiger partial charge in [0.05, 0.1) is 12.8 Å².